The molecule has 2 nitrogen and oxygen atoms in total. The number of rotatable bonds is 4. The summed E-state index contributed by atoms with van der Waals surface area (Å²) in [4.78, 5) is 3.87. The van der Waals surface area contributed by atoms with E-state index in [9.17, 15) is 17.6 Å². The molecule has 0 atom stereocenters. The lowest BCUT2D eigenvalue weighted by molar-refractivity contribution is -0.137. The molecule has 0 aliphatic rings. The average Bonchev–Trinajstić information content (AvgIpc) is 2.40. The van der Waals surface area contributed by atoms with Crippen molar-refractivity contribution >= 4 is 5.69 Å². The normalized spacial score (nSPS) is 11.4. The van der Waals surface area contributed by atoms with Gasteiger partial charge in [0, 0.05) is 18.9 Å². The summed E-state index contributed by atoms with van der Waals surface area (Å²) in [7, 11) is 0. The number of benzene rings is 1. The van der Waals surface area contributed by atoms with Gasteiger partial charge >= 0.3 is 6.18 Å². The molecule has 1 N–H and O–H groups in total. The van der Waals surface area contributed by atoms with Crippen molar-refractivity contribution in [2.45, 2.75) is 12.6 Å². The van der Waals surface area contributed by atoms with E-state index in [1.807, 2.05) is 12.1 Å². The van der Waals surface area contributed by atoms with Crippen molar-refractivity contribution in [3.63, 3.8) is 0 Å². The van der Waals surface area contributed by atoms with Crippen LogP contribution in [-0.4, -0.2) is 11.5 Å². The van der Waals surface area contributed by atoms with Gasteiger partial charge < -0.3 is 5.32 Å². The minimum atomic E-state index is -4.53. The minimum Gasteiger partial charge on any atom is -0.382 e. The summed E-state index contributed by atoms with van der Waals surface area (Å²) in [6.45, 7) is 0.423. The summed E-state index contributed by atoms with van der Waals surface area (Å²) in [5.41, 5.74) is 0.0848. The van der Waals surface area contributed by atoms with E-state index in [4.69, 9.17) is 0 Å². The van der Waals surface area contributed by atoms with E-state index in [1.165, 1.54) is 0 Å². The molecule has 20 heavy (non-hydrogen) atoms. The van der Waals surface area contributed by atoms with Crippen molar-refractivity contribution in [3.8, 4) is 0 Å². The topological polar surface area (TPSA) is 24.9 Å². The van der Waals surface area contributed by atoms with Gasteiger partial charge in [-0.15, -0.1) is 0 Å². The van der Waals surface area contributed by atoms with Crippen molar-refractivity contribution in [2.75, 3.05) is 11.9 Å². The van der Waals surface area contributed by atoms with Crippen molar-refractivity contribution in [2.24, 2.45) is 0 Å². The Balaban J connectivity index is 1.97. The first kappa shape index (κ1) is 14.3. The first-order chi connectivity index (χ1) is 9.47. The molecule has 2 aromatic rings. The van der Waals surface area contributed by atoms with E-state index in [-0.39, 0.29) is 5.69 Å². The fourth-order valence-corrected chi connectivity index (χ4v) is 1.73. The molecule has 2 rings (SSSR count). The summed E-state index contributed by atoms with van der Waals surface area (Å²) in [6, 6.07) is 6.10. The molecule has 1 aromatic heterocycles. The number of nitrogens with zero attached hydrogens (tertiary/aromatic N) is 1. The third-order valence-corrected chi connectivity index (χ3v) is 2.77. The summed E-state index contributed by atoms with van der Waals surface area (Å²) in [6.07, 6.45) is -0.610. The van der Waals surface area contributed by atoms with Crippen LogP contribution in [0.2, 0.25) is 0 Å². The first-order valence-corrected chi connectivity index (χ1v) is 5.96. The fourth-order valence-electron chi connectivity index (χ4n) is 1.73. The van der Waals surface area contributed by atoms with Crippen LogP contribution in [0.15, 0.2) is 42.7 Å². The lowest BCUT2D eigenvalue weighted by Gasteiger charge is -2.11. The monoisotopic (exact) mass is 284 g/mol. The van der Waals surface area contributed by atoms with Gasteiger partial charge in [-0.2, -0.15) is 13.2 Å². The van der Waals surface area contributed by atoms with Crippen LogP contribution in [0.3, 0.4) is 0 Å². The zero-order valence-corrected chi connectivity index (χ0v) is 10.4. The van der Waals surface area contributed by atoms with Gasteiger partial charge in [0.2, 0.25) is 0 Å². The van der Waals surface area contributed by atoms with E-state index in [1.54, 1.807) is 12.4 Å². The van der Waals surface area contributed by atoms with Crippen LogP contribution in [0, 0.1) is 5.82 Å². The van der Waals surface area contributed by atoms with E-state index in [0.29, 0.717) is 19.0 Å². The molecule has 0 radical (unpaired) electrons. The first-order valence-electron chi connectivity index (χ1n) is 5.96. The number of halogens is 4. The molecular formula is C14H12F4N2. The predicted octanol–water partition coefficient (Wildman–Crippen LogP) is 3.89. The van der Waals surface area contributed by atoms with Crippen LogP contribution in [0.1, 0.15) is 11.1 Å². The lowest BCUT2D eigenvalue weighted by Crippen LogP contribution is -2.09. The van der Waals surface area contributed by atoms with Crippen molar-refractivity contribution < 1.29 is 17.6 Å². The standard InChI is InChI=1S/C14H12F4N2/c15-12-9-11(14(16,17)18)1-2-13(12)20-8-5-10-3-6-19-7-4-10/h1-4,6-7,9,20H,5,8H2. The molecule has 0 aliphatic carbocycles. The maximum absolute atomic E-state index is 13.5. The third kappa shape index (κ3) is 3.69. The molecule has 1 aromatic carbocycles. The van der Waals surface area contributed by atoms with Crippen LogP contribution in [0.4, 0.5) is 23.2 Å². The van der Waals surface area contributed by atoms with Crippen LogP contribution in [0.25, 0.3) is 0 Å². The van der Waals surface area contributed by atoms with Gasteiger partial charge in [-0.05, 0) is 42.3 Å². The Labute approximate surface area is 113 Å². The van der Waals surface area contributed by atoms with Crippen molar-refractivity contribution in [1.29, 1.82) is 0 Å². The van der Waals surface area contributed by atoms with Gasteiger partial charge in [0.25, 0.3) is 0 Å². The fraction of sp³-hybridized carbons (Fsp3) is 0.214. The Morgan fingerprint density at radius 1 is 1.05 bits per heavy atom. The number of alkyl halides is 3. The van der Waals surface area contributed by atoms with Crippen LogP contribution in [-0.2, 0) is 12.6 Å². The van der Waals surface area contributed by atoms with E-state index < -0.39 is 17.6 Å². The van der Waals surface area contributed by atoms with Gasteiger partial charge in [0.05, 0.1) is 11.3 Å². The molecule has 106 valence electrons. The number of hydrogen-bond acceptors (Lipinski definition) is 2. The Morgan fingerprint density at radius 2 is 1.75 bits per heavy atom. The number of anilines is 1. The highest BCUT2D eigenvalue weighted by molar-refractivity contribution is 5.47. The van der Waals surface area contributed by atoms with Crippen molar-refractivity contribution in [1.82, 2.24) is 4.98 Å². The van der Waals surface area contributed by atoms with E-state index in [0.717, 1.165) is 17.7 Å². The predicted molar refractivity (Wildman–Crippen MR) is 67.8 cm³/mol. The molecule has 0 amide bonds. The summed E-state index contributed by atoms with van der Waals surface area (Å²) in [5.74, 6) is -0.908. The molecule has 0 unspecified atom stereocenters. The summed E-state index contributed by atoms with van der Waals surface area (Å²) < 4.78 is 50.7. The number of pyridine rings is 1. The highest BCUT2D eigenvalue weighted by atomic mass is 19.4. The maximum Gasteiger partial charge on any atom is 0.416 e. The molecule has 6 heteroatoms. The minimum absolute atomic E-state index is 0.0621. The molecule has 1 heterocycles. The number of hydrogen-bond donors (Lipinski definition) is 1. The quantitative estimate of drug-likeness (QED) is 0.861. The highest BCUT2D eigenvalue weighted by Gasteiger charge is 2.31. The van der Waals surface area contributed by atoms with E-state index >= 15 is 0 Å². The average molecular weight is 284 g/mol. The van der Waals surface area contributed by atoms with Gasteiger partial charge in [-0.3, -0.25) is 4.98 Å². The van der Waals surface area contributed by atoms with Crippen LogP contribution in [0.5, 0.6) is 0 Å². The Morgan fingerprint density at radius 3 is 2.35 bits per heavy atom. The molecule has 0 fully saturated rings. The van der Waals surface area contributed by atoms with Crippen LogP contribution >= 0.6 is 0 Å². The zero-order valence-electron chi connectivity index (χ0n) is 10.4. The van der Waals surface area contributed by atoms with Gasteiger partial charge in [0.15, 0.2) is 0 Å². The maximum atomic E-state index is 13.5. The van der Waals surface area contributed by atoms with Gasteiger partial charge in [-0.25, -0.2) is 4.39 Å². The molecule has 0 bridgehead atoms. The molecular weight excluding hydrogens is 272 g/mol. The highest BCUT2D eigenvalue weighted by Crippen LogP contribution is 2.31. The molecule has 0 saturated carbocycles. The summed E-state index contributed by atoms with van der Waals surface area (Å²) in [5, 5.41) is 2.78. The van der Waals surface area contributed by atoms with Gasteiger partial charge in [-0.1, -0.05) is 0 Å². The Bertz CT molecular complexity index is 567. The smallest absolute Gasteiger partial charge is 0.382 e. The third-order valence-electron chi connectivity index (χ3n) is 2.77. The molecule has 0 spiro atoms. The SMILES string of the molecule is Fc1cc(C(F)(F)F)ccc1NCCc1ccncc1. The second kappa shape index (κ2) is 5.90. The number of aromatic nitrogens is 1. The Hall–Kier alpha value is -2.11. The van der Waals surface area contributed by atoms with Crippen molar-refractivity contribution in [3.05, 3.63) is 59.7 Å². The summed E-state index contributed by atoms with van der Waals surface area (Å²) >= 11 is 0. The number of nitrogens with one attached hydrogen (secondary N) is 1. The lowest BCUT2D eigenvalue weighted by atomic mass is 10.1. The van der Waals surface area contributed by atoms with Gasteiger partial charge in [0.1, 0.15) is 5.82 Å². The zero-order chi connectivity index (χ0) is 14.6. The second-order valence-corrected chi connectivity index (χ2v) is 4.22. The molecule has 0 saturated heterocycles. The largest absolute Gasteiger partial charge is 0.416 e. The molecule has 0 aliphatic heterocycles. The van der Waals surface area contributed by atoms with Crippen LogP contribution < -0.4 is 5.32 Å². The van der Waals surface area contributed by atoms with E-state index in [2.05, 4.69) is 10.3 Å². The Kier molecular flexibility index (Phi) is 4.22. The second-order valence-electron chi connectivity index (χ2n) is 4.22.